The number of allylic oxidation sites excluding steroid dienone is 1. The molecular formula is C25H33N4+. The number of rotatable bonds is 12. The van der Waals surface area contributed by atoms with E-state index in [9.17, 15) is 0 Å². The average Bonchev–Trinajstić information content (AvgIpc) is 2.75. The highest BCUT2D eigenvalue weighted by Crippen LogP contribution is 2.15. The molecule has 2 rings (SSSR count). The van der Waals surface area contributed by atoms with Gasteiger partial charge in [-0.15, -0.1) is 0 Å². The lowest BCUT2D eigenvalue weighted by molar-refractivity contribution is -0.697. The molecule has 0 amide bonds. The van der Waals surface area contributed by atoms with Crippen LogP contribution in [0.15, 0.2) is 61.1 Å². The third-order valence-electron chi connectivity index (χ3n) is 4.80. The summed E-state index contributed by atoms with van der Waals surface area (Å²) in [6.45, 7) is 8.99. The van der Waals surface area contributed by atoms with Crippen LogP contribution in [0.5, 0.6) is 0 Å². The second-order valence-electron chi connectivity index (χ2n) is 7.26. The molecule has 0 unspecified atom stereocenters. The maximum absolute atomic E-state index is 8.70. The molecule has 0 atom stereocenters. The zero-order valence-corrected chi connectivity index (χ0v) is 17.8. The van der Waals surface area contributed by atoms with E-state index in [1.54, 1.807) is 0 Å². The highest BCUT2D eigenvalue weighted by Gasteiger charge is 2.02. The van der Waals surface area contributed by atoms with Crippen LogP contribution in [0.2, 0.25) is 0 Å². The minimum absolute atomic E-state index is 0.538. The van der Waals surface area contributed by atoms with E-state index in [2.05, 4.69) is 95.3 Å². The Morgan fingerprint density at radius 1 is 1.14 bits per heavy atom. The second kappa shape index (κ2) is 12.4. The lowest BCUT2D eigenvalue weighted by Crippen LogP contribution is -2.32. The molecule has 0 saturated heterocycles. The molecule has 4 heteroatoms. The van der Waals surface area contributed by atoms with Crippen molar-refractivity contribution in [2.24, 2.45) is 0 Å². The molecule has 1 aromatic carbocycles. The van der Waals surface area contributed by atoms with Crippen molar-refractivity contribution >= 4 is 17.8 Å². The molecule has 2 aromatic rings. The van der Waals surface area contributed by atoms with Crippen LogP contribution in [0.25, 0.3) is 12.2 Å². The number of aryl methyl sites for hydroxylation is 1. The number of pyridine rings is 1. The molecule has 0 saturated carbocycles. The van der Waals surface area contributed by atoms with E-state index in [4.69, 9.17) is 5.26 Å². The zero-order chi connectivity index (χ0) is 20.9. The van der Waals surface area contributed by atoms with E-state index < -0.39 is 0 Å². The number of benzene rings is 1. The lowest BCUT2D eigenvalue weighted by Gasteiger charge is -2.17. The molecule has 29 heavy (non-hydrogen) atoms. The Labute approximate surface area is 175 Å². The van der Waals surface area contributed by atoms with Gasteiger partial charge in [-0.25, -0.2) is 4.57 Å². The Kier molecular flexibility index (Phi) is 9.51. The molecule has 4 nitrogen and oxygen atoms in total. The third kappa shape index (κ3) is 8.23. The van der Waals surface area contributed by atoms with Crippen molar-refractivity contribution in [3.05, 3.63) is 72.2 Å². The molecule has 0 radical (unpaired) electrons. The van der Waals surface area contributed by atoms with E-state index in [1.807, 2.05) is 7.05 Å². The Balaban J connectivity index is 1.82. The van der Waals surface area contributed by atoms with Gasteiger partial charge in [0.25, 0.3) is 0 Å². The van der Waals surface area contributed by atoms with Crippen LogP contribution in [0.1, 0.15) is 43.7 Å². The number of anilines is 1. The fourth-order valence-electron chi connectivity index (χ4n) is 2.97. The van der Waals surface area contributed by atoms with E-state index in [0.717, 1.165) is 55.8 Å². The molecule has 0 aliphatic carbocycles. The molecule has 0 fully saturated rings. The Morgan fingerprint density at radius 3 is 2.41 bits per heavy atom. The van der Waals surface area contributed by atoms with Crippen molar-refractivity contribution < 1.29 is 4.57 Å². The lowest BCUT2D eigenvalue weighted by atomic mass is 10.1. The normalized spacial score (nSPS) is 10.7. The van der Waals surface area contributed by atoms with Gasteiger partial charge >= 0.3 is 0 Å². The van der Waals surface area contributed by atoms with E-state index in [0.29, 0.717) is 6.42 Å². The molecule has 0 aliphatic heterocycles. The fraction of sp³-hybridized carbons (Fsp3) is 0.360. The van der Waals surface area contributed by atoms with Crippen LogP contribution in [0.3, 0.4) is 0 Å². The van der Waals surface area contributed by atoms with Crippen LogP contribution >= 0.6 is 0 Å². The maximum Gasteiger partial charge on any atom is 0.169 e. The van der Waals surface area contributed by atoms with Gasteiger partial charge in [-0.2, -0.15) is 5.26 Å². The van der Waals surface area contributed by atoms with Gasteiger partial charge in [-0.3, -0.25) is 0 Å². The quantitative estimate of drug-likeness (QED) is 0.531. The predicted octanol–water partition coefficient (Wildman–Crippen LogP) is 4.79. The summed E-state index contributed by atoms with van der Waals surface area (Å²) in [6, 6.07) is 14.9. The summed E-state index contributed by atoms with van der Waals surface area (Å²) in [4.78, 5) is 2.10. The summed E-state index contributed by atoms with van der Waals surface area (Å²) in [6.07, 6.45) is 12.3. The minimum Gasteiger partial charge on any atom is -0.389 e. The fourth-order valence-corrected chi connectivity index (χ4v) is 2.97. The molecule has 1 aromatic heterocycles. The smallest absolute Gasteiger partial charge is 0.169 e. The summed E-state index contributed by atoms with van der Waals surface area (Å²) in [5, 5.41) is 12.1. The van der Waals surface area contributed by atoms with Crippen molar-refractivity contribution in [1.82, 2.24) is 5.32 Å². The first-order valence-corrected chi connectivity index (χ1v) is 10.4. The number of nitrogens with one attached hydrogen (secondary N) is 1. The third-order valence-corrected chi connectivity index (χ3v) is 4.80. The Morgan fingerprint density at radius 2 is 1.79 bits per heavy atom. The molecule has 152 valence electrons. The molecule has 0 aliphatic rings. The minimum atomic E-state index is 0.538. The number of aromatic nitrogens is 1. The van der Waals surface area contributed by atoms with Crippen LogP contribution in [-0.4, -0.2) is 20.1 Å². The van der Waals surface area contributed by atoms with Gasteiger partial charge in [0.1, 0.15) is 6.54 Å². The highest BCUT2D eigenvalue weighted by atomic mass is 15.1. The highest BCUT2D eigenvalue weighted by molar-refractivity contribution is 5.70. The first-order valence-electron chi connectivity index (χ1n) is 10.4. The van der Waals surface area contributed by atoms with Gasteiger partial charge in [0.15, 0.2) is 12.4 Å². The van der Waals surface area contributed by atoms with Crippen LogP contribution in [-0.2, 0) is 6.54 Å². The standard InChI is InChI=1S/C25H33N4/c1-4-17-27-22(2)7-5-19-29-20-14-24(15-21-29)9-8-23-10-12-25(13-11-23)28(3)18-6-16-26/h8-15,20-21,27H,2,4-7,17-19H2,1,3H3/q+1. The van der Waals surface area contributed by atoms with Gasteiger partial charge in [0.2, 0.25) is 0 Å². The number of nitriles is 1. The molecule has 1 N–H and O–H groups in total. The SMILES string of the molecule is C=C(CCC[n+]1ccc(/C=C/c2ccc(N(C)CCC#N)cc2)cc1)NCCC. The first kappa shape index (κ1) is 22.2. The van der Waals surface area contributed by atoms with Crippen LogP contribution in [0, 0.1) is 11.3 Å². The van der Waals surface area contributed by atoms with Crippen molar-refractivity contribution in [3.8, 4) is 6.07 Å². The maximum atomic E-state index is 8.70. The van der Waals surface area contributed by atoms with Crippen LogP contribution in [0.4, 0.5) is 5.69 Å². The predicted molar refractivity (Wildman–Crippen MR) is 122 cm³/mol. The van der Waals surface area contributed by atoms with Crippen molar-refractivity contribution in [1.29, 1.82) is 5.26 Å². The molecular weight excluding hydrogens is 356 g/mol. The Bertz CT molecular complexity index is 813. The van der Waals surface area contributed by atoms with Crippen LogP contribution < -0.4 is 14.8 Å². The number of hydrogen-bond acceptors (Lipinski definition) is 3. The molecule has 1 heterocycles. The molecule has 0 bridgehead atoms. The van der Waals surface area contributed by atoms with Gasteiger partial charge < -0.3 is 10.2 Å². The topological polar surface area (TPSA) is 42.9 Å². The summed E-state index contributed by atoms with van der Waals surface area (Å²) in [5.74, 6) is 0. The van der Waals surface area contributed by atoms with Crippen molar-refractivity contribution in [2.75, 3.05) is 25.0 Å². The Hall–Kier alpha value is -3.06. The average molecular weight is 390 g/mol. The zero-order valence-electron chi connectivity index (χ0n) is 17.8. The monoisotopic (exact) mass is 389 g/mol. The van der Waals surface area contributed by atoms with Gasteiger partial charge in [0.05, 0.1) is 12.5 Å². The summed E-state index contributed by atoms with van der Waals surface area (Å²) in [7, 11) is 2.01. The molecule has 0 spiro atoms. The van der Waals surface area contributed by atoms with E-state index in [-0.39, 0.29) is 0 Å². The first-order chi connectivity index (χ1) is 14.1. The van der Waals surface area contributed by atoms with E-state index >= 15 is 0 Å². The number of hydrogen-bond donors (Lipinski definition) is 1. The summed E-state index contributed by atoms with van der Waals surface area (Å²) < 4.78 is 2.22. The van der Waals surface area contributed by atoms with Crippen molar-refractivity contribution in [2.45, 2.75) is 39.2 Å². The summed E-state index contributed by atoms with van der Waals surface area (Å²) in [5.41, 5.74) is 4.61. The van der Waals surface area contributed by atoms with Gasteiger partial charge in [-0.05, 0) is 36.1 Å². The second-order valence-corrected chi connectivity index (χ2v) is 7.26. The van der Waals surface area contributed by atoms with Crippen molar-refractivity contribution in [3.63, 3.8) is 0 Å². The largest absolute Gasteiger partial charge is 0.389 e. The summed E-state index contributed by atoms with van der Waals surface area (Å²) >= 11 is 0. The van der Waals surface area contributed by atoms with Gasteiger partial charge in [-0.1, -0.05) is 37.8 Å². The van der Waals surface area contributed by atoms with Gasteiger partial charge in [0, 0.05) is 50.1 Å². The van der Waals surface area contributed by atoms with E-state index in [1.165, 1.54) is 5.56 Å². The number of nitrogens with zero attached hydrogens (tertiary/aromatic N) is 3.